The van der Waals surface area contributed by atoms with Crippen LogP contribution in [0.1, 0.15) is 79.1 Å². The molecule has 172 valence electrons. The van der Waals surface area contributed by atoms with Crippen molar-refractivity contribution in [2.24, 2.45) is 0 Å². The lowest BCUT2D eigenvalue weighted by molar-refractivity contribution is -0.929. The summed E-state index contributed by atoms with van der Waals surface area (Å²) in [7, 11) is 6.38. The minimum atomic E-state index is 0. The van der Waals surface area contributed by atoms with E-state index < -0.39 is 0 Å². The Kier molecular flexibility index (Phi) is 31.3. The van der Waals surface area contributed by atoms with Gasteiger partial charge in [-0.1, -0.05) is 53.4 Å². The van der Waals surface area contributed by atoms with Crippen molar-refractivity contribution in [3.63, 3.8) is 0 Å². The molecule has 0 rings (SSSR count). The third kappa shape index (κ3) is 28.0. The molecule has 0 aromatic heterocycles. The Labute approximate surface area is 187 Å². The molecule has 0 N–H and O–H groups in total. The van der Waals surface area contributed by atoms with Gasteiger partial charge in [0.2, 0.25) is 0 Å². The van der Waals surface area contributed by atoms with Crippen LogP contribution in [0, 0.1) is 0 Å². The van der Waals surface area contributed by atoms with Crippen LogP contribution in [0.3, 0.4) is 0 Å². The summed E-state index contributed by atoms with van der Waals surface area (Å²) >= 11 is 5.47. The van der Waals surface area contributed by atoms with Crippen molar-refractivity contribution >= 4 is 11.6 Å². The molecule has 0 amide bonds. The molecule has 0 aliphatic carbocycles. The number of rotatable bonds is 14. The molecule has 0 aliphatic heterocycles. The quantitative estimate of drug-likeness (QED) is 0.129. The van der Waals surface area contributed by atoms with Crippen molar-refractivity contribution in [2.45, 2.75) is 79.1 Å². The van der Waals surface area contributed by atoms with Gasteiger partial charge in [0.15, 0.2) is 0 Å². The fraction of sp³-hybridized carbons (Fsp3) is 1.00. The summed E-state index contributed by atoms with van der Waals surface area (Å²) in [6, 6.07) is 0. The Morgan fingerprint density at radius 2 is 0.893 bits per heavy atom. The zero-order valence-electron chi connectivity index (χ0n) is 19.9. The van der Waals surface area contributed by atoms with Gasteiger partial charge in [-0.25, -0.2) is 0 Å². The number of halogens is 2. The normalized spacial score (nSPS) is 10.6. The molecule has 0 aromatic carbocycles. The number of unbranched alkanes of at least 4 members (excludes halogenated alkanes) is 4. The molecule has 0 radical (unpaired) electrons. The van der Waals surface area contributed by atoms with Crippen LogP contribution in [0.15, 0.2) is 0 Å². The van der Waals surface area contributed by atoms with Gasteiger partial charge >= 0.3 is 0 Å². The van der Waals surface area contributed by atoms with Gasteiger partial charge in [0.1, 0.15) is 0 Å². The van der Waals surface area contributed by atoms with E-state index in [1.165, 1.54) is 86.9 Å². The predicted octanol–water partition coefficient (Wildman–Crippen LogP) is 3.81. The van der Waals surface area contributed by atoms with Gasteiger partial charge in [0.25, 0.3) is 0 Å². The van der Waals surface area contributed by atoms with E-state index in [0.29, 0.717) is 0 Å². The molecule has 5 nitrogen and oxygen atoms in total. The summed E-state index contributed by atoms with van der Waals surface area (Å²) in [5.74, 6) is 0.753. The number of alkyl halides is 1. The standard InChI is InChI=1S/C16H36N.C5H13ClN.ClH.N3/c1-5-9-13-17(14-10-6-2,15-11-7-3)16-12-8-4;1-7(2,3)5-4-6;;1-3-2/h5-16H2,1-4H3;4-5H2,1-3H3;1H;/q2*+1;;-1/p-1. The highest BCUT2D eigenvalue weighted by Gasteiger charge is 2.24. The number of hydrogen-bond acceptors (Lipinski definition) is 0. The van der Waals surface area contributed by atoms with Crippen LogP contribution in [0.25, 0.3) is 16.0 Å². The van der Waals surface area contributed by atoms with E-state index in [0.717, 1.165) is 16.9 Å². The van der Waals surface area contributed by atoms with Crippen LogP contribution in [0.2, 0.25) is 0 Å². The maximum atomic E-state index is 6.75. The Morgan fingerprint density at radius 1 is 0.643 bits per heavy atom. The summed E-state index contributed by atoms with van der Waals surface area (Å²) in [5, 5.41) is 0. The monoisotopic (exact) mass is 441 g/mol. The second-order valence-corrected chi connectivity index (χ2v) is 8.82. The molecule has 0 atom stereocenters. The topological polar surface area (TPSA) is 58.7 Å². The summed E-state index contributed by atoms with van der Waals surface area (Å²) in [6.07, 6.45) is 11.1. The van der Waals surface area contributed by atoms with Gasteiger partial charge in [-0.05, 0) is 25.7 Å². The molecule has 0 saturated carbocycles. The first kappa shape index (κ1) is 35.3. The maximum absolute atomic E-state index is 6.75. The SMILES string of the molecule is CCCC[N+](CCCC)(CCCC)CCCC.C[N+](C)(C)CCCl.[Cl-].[N-]=[N+]=[N-]. The molecule has 0 bridgehead atoms. The summed E-state index contributed by atoms with van der Waals surface area (Å²) in [6.45, 7) is 16.1. The van der Waals surface area contributed by atoms with Crippen molar-refractivity contribution in [1.82, 2.24) is 0 Å². The van der Waals surface area contributed by atoms with Crippen molar-refractivity contribution in [1.29, 1.82) is 0 Å². The molecule has 0 aliphatic rings. The molecule has 0 heterocycles. The van der Waals surface area contributed by atoms with E-state index in [4.69, 9.17) is 22.7 Å². The number of hydrogen-bond donors (Lipinski definition) is 0. The van der Waals surface area contributed by atoms with E-state index in [-0.39, 0.29) is 12.4 Å². The Bertz CT molecular complexity index is 290. The third-order valence-electron chi connectivity index (χ3n) is 4.70. The van der Waals surface area contributed by atoms with E-state index in [1.807, 2.05) is 0 Å². The lowest BCUT2D eigenvalue weighted by Gasteiger charge is -2.39. The lowest BCUT2D eigenvalue weighted by atomic mass is 10.1. The summed E-state index contributed by atoms with van der Waals surface area (Å²) < 4.78 is 2.38. The van der Waals surface area contributed by atoms with Gasteiger partial charge in [-0.2, -0.15) is 0 Å². The highest BCUT2D eigenvalue weighted by Crippen LogP contribution is 2.16. The van der Waals surface area contributed by atoms with Gasteiger partial charge in [-0.15, -0.1) is 11.6 Å². The molecule has 0 saturated heterocycles. The minimum Gasteiger partial charge on any atom is -1.00 e. The average molecular weight is 443 g/mol. The van der Waals surface area contributed by atoms with Crippen LogP contribution in [-0.2, 0) is 0 Å². The van der Waals surface area contributed by atoms with Crippen LogP contribution < -0.4 is 12.4 Å². The van der Waals surface area contributed by atoms with Gasteiger partial charge < -0.3 is 32.4 Å². The van der Waals surface area contributed by atoms with Gasteiger partial charge in [0.05, 0.1) is 59.7 Å². The van der Waals surface area contributed by atoms with Crippen molar-refractivity contribution in [2.75, 3.05) is 59.7 Å². The molecule has 0 fully saturated rings. The molecule has 7 heteroatoms. The van der Waals surface area contributed by atoms with E-state index >= 15 is 0 Å². The van der Waals surface area contributed by atoms with Crippen LogP contribution >= 0.6 is 11.6 Å². The zero-order chi connectivity index (χ0) is 21.6. The first-order valence-corrected chi connectivity index (χ1v) is 11.5. The zero-order valence-corrected chi connectivity index (χ0v) is 21.4. The second-order valence-electron chi connectivity index (χ2n) is 8.44. The van der Waals surface area contributed by atoms with Crippen LogP contribution in [0.4, 0.5) is 0 Å². The van der Waals surface area contributed by atoms with E-state index in [9.17, 15) is 0 Å². The number of nitrogens with zero attached hydrogens (tertiary/aromatic N) is 5. The smallest absolute Gasteiger partial charge is 0.0918 e. The Morgan fingerprint density at radius 3 is 1.00 bits per heavy atom. The summed E-state index contributed by atoms with van der Waals surface area (Å²) in [5.41, 5.74) is 13.5. The summed E-state index contributed by atoms with van der Waals surface area (Å²) in [4.78, 5) is 1.50. The lowest BCUT2D eigenvalue weighted by Crippen LogP contribution is -3.00. The fourth-order valence-electron chi connectivity index (χ4n) is 2.90. The van der Waals surface area contributed by atoms with Gasteiger partial charge in [-0.3, -0.25) is 4.91 Å². The number of quaternary nitrogens is 2. The first-order valence-electron chi connectivity index (χ1n) is 10.9. The molecular weight excluding hydrogens is 393 g/mol. The van der Waals surface area contributed by atoms with E-state index in [1.54, 1.807) is 0 Å². The van der Waals surface area contributed by atoms with E-state index in [2.05, 4.69) is 48.8 Å². The predicted molar refractivity (Wildman–Crippen MR) is 123 cm³/mol. The van der Waals surface area contributed by atoms with Crippen LogP contribution in [0.5, 0.6) is 0 Å². The van der Waals surface area contributed by atoms with Crippen molar-refractivity contribution in [3.05, 3.63) is 16.0 Å². The average Bonchev–Trinajstić information content (AvgIpc) is 2.61. The fourth-order valence-corrected chi connectivity index (χ4v) is 3.41. The maximum Gasteiger partial charge on any atom is 0.0918 e. The van der Waals surface area contributed by atoms with Crippen LogP contribution in [-0.4, -0.2) is 68.7 Å². The van der Waals surface area contributed by atoms with Crippen molar-refractivity contribution < 1.29 is 21.4 Å². The minimum absolute atomic E-state index is 0. The third-order valence-corrected chi connectivity index (χ3v) is 4.87. The molecule has 28 heavy (non-hydrogen) atoms. The highest BCUT2D eigenvalue weighted by molar-refractivity contribution is 6.17. The molecular formula is C21H49Cl2N5. The van der Waals surface area contributed by atoms with Gasteiger partial charge in [0, 0.05) is 0 Å². The molecule has 0 aromatic rings. The second kappa shape index (κ2) is 24.8. The first-order chi connectivity index (χ1) is 12.7. The molecule has 0 unspecified atom stereocenters. The Hall–Kier alpha value is -0.190. The highest BCUT2D eigenvalue weighted by atomic mass is 35.5. The Balaban J connectivity index is -0.000000218. The van der Waals surface area contributed by atoms with Crippen molar-refractivity contribution in [3.8, 4) is 0 Å². The largest absolute Gasteiger partial charge is 1.00 e. The molecule has 0 spiro atoms.